The molecule has 0 heterocycles. The van der Waals surface area contributed by atoms with Crippen molar-refractivity contribution in [2.24, 2.45) is 5.73 Å². The van der Waals surface area contributed by atoms with Gasteiger partial charge in [-0.15, -0.1) is 0 Å². The quantitative estimate of drug-likeness (QED) is 0.509. The third-order valence-corrected chi connectivity index (χ3v) is 2.36. The maximum Gasteiger partial charge on any atom is 0.262 e. The Morgan fingerprint density at radius 2 is 2.10 bits per heavy atom. The number of hydrogen-bond donors (Lipinski definition) is 1. The van der Waals surface area contributed by atoms with Crippen molar-refractivity contribution in [3.05, 3.63) is 23.3 Å². The first kappa shape index (κ1) is 9.52. The van der Waals surface area contributed by atoms with E-state index in [1.54, 1.807) is 0 Å². The Morgan fingerprint density at radius 3 is 2.10 bits per heavy atom. The van der Waals surface area contributed by atoms with E-state index >= 15 is 0 Å². The van der Waals surface area contributed by atoms with Crippen molar-refractivity contribution in [3.8, 4) is 0 Å². The smallest absolute Gasteiger partial charge is 0.262 e. The van der Waals surface area contributed by atoms with Crippen LogP contribution < -0.4 is 5.73 Å². The third-order valence-electron chi connectivity index (χ3n) is 0.841. The minimum Gasteiger partial charge on any atom is -0.398 e. The van der Waals surface area contributed by atoms with E-state index in [0.29, 0.717) is 0 Å². The first-order valence-corrected chi connectivity index (χ1v) is 4.76. The first-order valence-electron chi connectivity index (χ1n) is 2.45. The highest BCUT2D eigenvalue weighted by atomic mass is 35.7. The maximum atomic E-state index is 10.6. The van der Waals surface area contributed by atoms with Gasteiger partial charge in [-0.05, 0) is 6.92 Å². The molecule has 0 rings (SSSR count). The van der Waals surface area contributed by atoms with Gasteiger partial charge in [-0.1, -0.05) is 12.7 Å². The van der Waals surface area contributed by atoms with Crippen LogP contribution in [0.3, 0.4) is 0 Å². The van der Waals surface area contributed by atoms with Gasteiger partial charge in [-0.2, -0.15) is 0 Å². The normalized spacial score (nSPS) is 13.2. The molecular weight excluding hydrogens is 174 g/mol. The Hall–Kier alpha value is -0.480. The van der Waals surface area contributed by atoms with Crippen molar-refractivity contribution in [2.75, 3.05) is 0 Å². The van der Waals surface area contributed by atoms with E-state index in [-0.39, 0.29) is 10.6 Å². The third kappa shape index (κ3) is 2.41. The molecular formula is C5H8ClNO2S. The first-order chi connectivity index (χ1) is 4.39. The van der Waals surface area contributed by atoms with Crippen LogP contribution >= 0.6 is 10.7 Å². The lowest BCUT2D eigenvalue weighted by atomic mass is 10.4. The summed E-state index contributed by atoms with van der Waals surface area (Å²) >= 11 is 0. The van der Waals surface area contributed by atoms with Gasteiger partial charge >= 0.3 is 0 Å². The molecule has 10 heavy (non-hydrogen) atoms. The summed E-state index contributed by atoms with van der Waals surface area (Å²) < 4.78 is 21.1. The molecule has 0 radical (unpaired) electrons. The van der Waals surface area contributed by atoms with E-state index in [4.69, 9.17) is 16.4 Å². The lowest BCUT2D eigenvalue weighted by Gasteiger charge is -1.98. The number of rotatable bonds is 2. The van der Waals surface area contributed by atoms with E-state index < -0.39 is 9.05 Å². The molecule has 0 aromatic heterocycles. The lowest BCUT2D eigenvalue weighted by Crippen LogP contribution is -2.04. The van der Waals surface area contributed by atoms with Gasteiger partial charge in [-0.25, -0.2) is 8.42 Å². The summed E-state index contributed by atoms with van der Waals surface area (Å²) in [6.45, 7) is 4.76. The molecule has 0 saturated carbocycles. The zero-order chi connectivity index (χ0) is 8.36. The van der Waals surface area contributed by atoms with Crippen LogP contribution in [-0.4, -0.2) is 8.42 Å². The summed E-state index contributed by atoms with van der Waals surface area (Å²) in [6.07, 6.45) is 1.30. The van der Waals surface area contributed by atoms with Gasteiger partial charge < -0.3 is 5.73 Å². The van der Waals surface area contributed by atoms with Crippen LogP contribution in [0.1, 0.15) is 6.92 Å². The minimum absolute atomic E-state index is 0.0440. The molecule has 3 nitrogen and oxygen atoms in total. The highest BCUT2D eigenvalue weighted by Crippen LogP contribution is 2.15. The van der Waals surface area contributed by atoms with Crippen LogP contribution in [0.15, 0.2) is 23.3 Å². The minimum atomic E-state index is -3.71. The van der Waals surface area contributed by atoms with E-state index in [1.165, 1.54) is 13.0 Å². The van der Waals surface area contributed by atoms with E-state index in [1.807, 2.05) is 0 Å². The van der Waals surface area contributed by atoms with Crippen LogP contribution in [0.5, 0.6) is 0 Å². The van der Waals surface area contributed by atoms with E-state index in [9.17, 15) is 8.42 Å². The van der Waals surface area contributed by atoms with Gasteiger partial charge in [0.15, 0.2) is 0 Å². The topological polar surface area (TPSA) is 60.2 Å². The van der Waals surface area contributed by atoms with Crippen molar-refractivity contribution in [2.45, 2.75) is 6.92 Å². The molecule has 0 aromatic carbocycles. The predicted molar refractivity (Wildman–Crippen MR) is 41.9 cm³/mol. The van der Waals surface area contributed by atoms with Crippen molar-refractivity contribution < 1.29 is 8.42 Å². The molecule has 0 unspecified atom stereocenters. The van der Waals surface area contributed by atoms with Gasteiger partial charge in [0.2, 0.25) is 0 Å². The average Bonchev–Trinajstić information content (AvgIpc) is 1.60. The van der Waals surface area contributed by atoms with Crippen LogP contribution in [0.25, 0.3) is 0 Å². The van der Waals surface area contributed by atoms with Crippen molar-refractivity contribution in [1.82, 2.24) is 0 Å². The summed E-state index contributed by atoms with van der Waals surface area (Å²) in [5.74, 6) is 0. The Morgan fingerprint density at radius 1 is 1.70 bits per heavy atom. The molecule has 0 aliphatic carbocycles. The summed E-state index contributed by atoms with van der Waals surface area (Å²) in [7, 11) is 1.25. The summed E-state index contributed by atoms with van der Waals surface area (Å²) in [4.78, 5) is -0.130. The summed E-state index contributed by atoms with van der Waals surface area (Å²) in [5, 5.41) is 0. The second-order valence-corrected chi connectivity index (χ2v) is 4.15. The molecule has 0 aliphatic rings. The Labute approximate surface area is 64.6 Å². The largest absolute Gasteiger partial charge is 0.398 e. The maximum absolute atomic E-state index is 10.6. The van der Waals surface area contributed by atoms with Crippen LogP contribution in [0.2, 0.25) is 0 Å². The van der Waals surface area contributed by atoms with Crippen LogP contribution in [-0.2, 0) is 9.05 Å². The monoisotopic (exact) mass is 181 g/mol. The fourth-order valence-electron chi connectivity index (χ4n) is 0.483. The average molecular weight is 182 g/mol. The van der Waals surface area contributed by atoms with Crippen LogP contribution in [0.4, 0.5) is 0 Å². The molecule has 0 saturated heterocycles. The van der Waals surface area contributed by atoms with E-state index in [0.717, 1.165) is 0 Å². The Balaban J connectivity index is 4.95. The summed E-state index contributed by atoms with van der Waals surface area (Å²) in [6, 6.07) is 0. The zero-order valence-corrected chi connectivity index (χ0v) is 7.04. The molecule has 58 valence electrons. The molecule has 0 aromatic rings. The molecule has 0 aliphatic heterocycles. The standard InChI is InChI=1S/C5H8ClNO2S/c1-3-5(4(2)7)10(6,8)9/h3H,2,7H2,1H3/b5-3+. The van der Waals surface area contributed by atoms with Crippen LogP contribution in [0, 0.1) is 0 Å². The second-order valence-electron chi connectivity index (χ2n) is 1.62. The fraction of sp³-hybridized carbons (Fsp3) is 0.200. The molecule has 5 heteroatoms. The molecule has 2 N–H and O–H groups in total. The van der Waals surface area contributed by atoms with Crippen molar-refractivity contribution in [1.29, 1.82) is 0 Å². The van der Waals surface area contributed by atoms with Gasteiger partial charge in [0, 0.05) is 16.4 Å². The van der Waals surface area contributed by atoms with E-state index in [2.05, 4.69) is 6.58 Å². The number of hydrogen-bond acceptors (Lipinski definition) is 3. The van der Waals surface area contributed by atoms with Gasteiger partial charge in [0.25, 0.3) is 9.05 Å². The Kier molecular flexibility index (Phi) is 2.93. The molecule has 0 fully saturated rings. The lowest BCUT2D eigenvalue weighted by molar-refractivity contribution is 0.615. The number of nitrogens with two attached hydrogens (primary N) is 1. The predicted octanol–water partition coefficient (Wildman–Crippen LogP) is 0.931. The highest BCUT2D eigenvalue weighted by molar-refractivity contribution is 8.17. The molecule has 0 spiro atoms. The molecule has 0 amide bonds. The highest BCUT2D eigenvalue weighted by Gasteiger charge is 2.13. The fourth-order valence-corrected chi connectivity index (χ4v) is 1.64. The summed E-state index contributed by atoms with van der Waals surface area (Å²) in [5.41, 5.74) is 5.06. The number of halogens is 1. The van der Waals surface area contributed by atoms with Gasteiger partial charge in [-0.3, -0.25) is 0 Å². The second kappa shape index (κ2) is 3.07. The van der Waals surface area contributed by atoms with Gasteiger partial charge in [0.1, 0.15) is 4.91 Å². The SMILES string of the molecule is C=C(N)/C(=C\C)S(=O)(=O)Cl. The Bertz CT molecular complexity index is 265. The zero-order valence-electron chi connectivity index (χ0n) is 5.46. The van der Waals surface area contributed by atoms with Crippen molar-refractivity contribution in [3.63, 3.8) is 0 Å². The van der Waals surface area contributed by atoms with Crippen molar-refractivity contribution >= 4 is 19.7 Å². The van der Waals surface area contributed by atoms with Gasteiger partial charge in [0.05, 0.1) is 0 Å². The molecule has 0 atom stereocenters. The molecule has 0 bridgehead atoms. The number of allylic oxidation sites excluding steroid dienone is 1.